The minimum Gasteiger partial charge on any atom is -0.469 e. The van der Waals surface area contributed by atoms with Crippen molar-refractivity contribution in [3.05, 3.63) is 0 Å². The van der Waals surface area contributed by atoms with Crippen LogP contribution in [0.2, 0.25) is 0 Å². The summed E-state index contributed by atoms with van der Waals surface area (Å²) >= 11 is 0. The third-order valence-corrected chi connectivity index (χ3v) is 4.32. The molecule has 2 amide bonds. The van der Waals surface area contributed by atoms with Crippen LogP contribution in [0, 0.1) is 5.41 Å². The van der Waals surface area contributed by atoms with Crippen LogP contribution in [0.15, 0.2) is 0 Å². The van der Waals surface area contributed by atoms with Gasteiger partial charge in [-0.2, -0.15) is 0 Å². The van der Waals surface area contributed by atoms with Gasteiger partial charge in [-0.15, -0.1) is 0 Å². The fourth-order valence-electron chi connectivity index (χ4n) is 2.94. The number of carbonyl (C=O) groups is 2. The van der Waals surface area contributed by atoms with E-state index in [2.05, 4.69) is 0 Å². The van der Waals surface area contributed by atoms with Gasteiger partial charge in [0.1, 0.15) is 0 Å². The molecule has 2 saturated heterocycles. The van der Waals surface area contributed by atoms with Crippen molar-refractivity contribution in [3.63, 3.8) is 0 Å². The highest BCUT2D eigenvalue weighted by Gasteiger charge is 2.39. The first kappa shape index (κ1) is 14.2. The summed E-state index contributed by atoms with van der Waals surface area (Å²) in [6.45, 7) is 6.07. The Hall–Kier alpha value is -1.26. The zero-order valence-electron chi connectivity index (χ0n) is 12.1. The summed E-state index contributed by atoms with van der Waals surface area (Å²) in [4.78, 5) is 27.8. The quantitative estimate of drug-likeness (QED) is 0.731. The number of methoxy groups -OCH3 is 1. The molecule has 2 aliphatic heterocycles. The molecule has 0 aliphatic carbocycles. The Morgan fingerprint density at radius 2 is 2.16 bits per heavy atom. The molecule has 0 unspecified atom stereocenters. The lowest BCUT2D eigenvalue weighted by Crippen LogP contribution is -2.39. The van der Waals surface area contributed by atoms with E-state index in [1.165, 1.54) is 13.5 Å². The highest BCUT2D eigenvalue weighted by Crippen LogP contribution is 2.28. The molecule has 0 N–H and O–H groups in total. The first-order valence-electron chi connectivity index (χ1n) is 7.09. The van der Waals surface area contributed by atoms with Crippen LogP contribution in [0.25, 0.3) is 0 Å². The molecule has 2 aliphatic rings. The van der Waals surface area contributed by atoms with Gasteiger partial charge in [-0.25, -0.2) is 4.79 Å². The third-order valence-electron chi connectivity index (χ3n) is 4.32. The zero-order valence-corrected chi connectivity index (χ0v) is 12.1. The topological polar surface area (TPSA) is 49.9 Å². The van der Waals surface area contributed by atoms with Gasteiger partial charge in [0, 0.05) is 19.6 Å². The van der Waals surface area contributed by atoms with Crippen LogP contribution in [-0.4, -0.2) is 54.6 Å². The second-order valence-electron chi connectivity index (χ2n) is 6.20. The van der Waals surface area contributed by atoms with E-state index in [-0.39, 0.29) is 12.0 Å². The highest BCUT2D eigenvalue weighted by atomic mass is 16.5. The van der Waals surface area contributed by atoms with Crippen molar-refractivity contribution in [3.8, 4) is 0 Å². The molecule has 2 fully saturated rings. The second-order valence-corrected chi connectivity index (χ2v) is 6.20. The van der Waals surface area contributed by atoms with Crippen LogP contribution < -0.4 is 0 Å². The number of ether oxygens (including phenoxy) is 1. The van der Waals surface area contributed by atoms with E-state index < -0.39 is 5.41 Å². The Labute approximate surface area is 114 Å². The fraction of sp³-hybridized carbons (Fsp3) is 0.857. The van der Waals surface area contributed by atoms with Crippen molar-refractivity contribution in [2.75, 3.05) is 26.7 Å². The van der Waals surface area contributed by atoms with Crippen molar-refractivity contribution in [1.82, 2.24) is 9.80 Å². The van der Waals surface area contributed by atoms with Crippen molar-refractivity contribution in [2.24, 2.45) is 5.41 Å². The van der Waals surface area contributed by atoms with E-state index in [4.69, 9.17) is 4.74 Å². The number of hydrogen-bond donors (Lipinski definition) is 0. The van der Waals surface area contributed by atoms with Gasteiger partial charge in [0.05, 0.1) is 18.6 Å². The molecule has 5 heteroatoms. The number of amides is 2. The Morgan fingerprint density at radius 1 is 1.42 bits per heavy atom. The van der Waals surface area contributed by atoms with Crippen LogP contribution in [-0.2, 0) is 9.53 Å². The number of nitrogens with zero attached hydrogens (tertiary/aromatic N) is 2. The summed E-state index contributed by atoms with van der Waals surface area (Å²) in [5.41, 5.74) is -0.530. The molecule has 0 aromatic rings. The van der Waals surface area contributed by atoms with Gasteiger partial charge in [0.2, 0.25) is 0 Å². The zero-order chi connectivity index (χ0) is 14.0. The molecule has 0 aromatic carbocycles. The molecular formula is C14H24N2O3. The third kappa shape index (κ3) is 2.85. The lowest BCUT2D eigenvalue weighted by molar-refractivity contribution is -0.151. The van der Waals surface area contributed by atoms with Crippen molar-refractivity contribution in [2.45, 2.75) is 45.6 Å². The van der Waals surface area contributed by atoms with Crippen LogP contribution >= 0.6 is 0 Å². The number of fused-ring (bicyclic) bond motifs is 1. The molecule has 0 saturated carbocycles. The molecule has 2 rings (SSSR count). The number of piperidine rings is 1. The van der Waals surface area contributed by atoms with Crippen molar-refractivity contribution < 1.29 is 14.3 Å². The van der Waals surface area contributed by atoms with Gasteiger partial charge in [0.25, 0.3) is 0 Å². The maximum absolute atomic E-state index is 12.2. The summed E-state index contributed by atoms with van der Waals surface area (Å²) in [6, 6.07) is 0.535. The molecule has 0 bridgehead atoms. The fourth-order valence-corrected chi connectivity index (χ4v) is 2.94. The summed E-state index contributed by atoms with van der Waals surface area (Å²) in [7, 11) is 1.41. The van der Waals surface area contributed by atoms with Crippen LogP contribution in [0.3, 0.4) is 0 Å². The average Bonchev–Trinajstić information content (AvgIpc) is 2.73. The average molecular weight is 268 g/mol. The second kappa shape index (κ2) is 5.39. The molecular weight excluding hydrogens is 244 g/mol. The lowest BCUT2D eigenvalue weighted by atomic mass is 9.89. The van der Waals surface area contributed by atoms with Gasteiger partial charge in [0.15, 0.2) is 0 Å². The maximum atomic E-state index is 12.2. The minimum atomic E-state index is -0.530. The van der Waals surface area contributed by atoms with E-state index >= 15 is 0 Å². The molecule has 1 atom stereocenters. The largest absolute Gasteiger partial charge is 0.469 e. The van der Waals surface area contributed by atoms with Gasteiger partial charge < -0.3 is 14.5 Å². The summed E-state index contributed by atoms with van der Waals surface area (Å²) in [5.74, 6) is -0.211. The first-order valence-corrected chi connectivity index (χ1v) is 7.09. The number of esters is 1. The molecule has 0 aromatic heterocycles. The first-order chi connectivity index (χ1) is 8.95. The molecule has 0 radical (unpaired) electrons. The summed E-state index contributed by atoms with van der Waals surface area (Å²) < 4.78 is 4.80. The summed E-state index contributed by atoms with van der Waals surface area (Å²) in [6.07, 6.45) is 4.09. The van der Waals surface area contributed by atoms with E-state index in [0.29, 0.717) is 19.0 Å². The molecule has 2 heterocycles. The Balaban J connectivity index is 1.90. The standard InChI is InChI=1S/C14H24N2O3/c1-14(2,12(17)19-3)7-9-15-10-11-6-4-5-8-16(11)13(15)18/h11H,4-10H2,1-3H3/t11-/m0/s1. The van der Waals surface area contributed by atoms with E-state index in [1.807, 2.05) is 23.6 Å². The smallest absolute Gasteiger partial charge is 0.320 e. The van der Waals surface area contributed by atoms with Crippen LogP contribution in [0.1, 0.15) is 39.5 Å². The monoisotopic (exact) mass is 268 g/mol. The van der Waals surface area contributed by atoms with E-state index in [9.17, 15) is 9.59 Å². The molecule has 19 heavy (non-hydrogen) atoms. The van der Waals surface area contributed by atoms with Crippen molar-refractivity contribution >= 4 is 12.0 Å². The van der Waals surface area contributed by atoms with Gasteiger partial charge in [-0.05, 0) is 39.5 Å². The Kier molecular flexibility index (Phi) is 4.02. The van der Waals surface area contributed by atoms with Gasteiger partial charge >= 0.3 is 12.0 Å². The SMILES string of the molecule is COC(=O)C(C)(C)CCN1C[C@@H]2CCCCN2C1=O. The number of carbonyl (C=O) groups excluding carboxylic acids is 2. The van der Waals surface area contributed by atoms with Gasteiger partial charge in [-0.3, -0.25) is 4.79 Å². The maximum Gasteiger partial charge on any atom is 0.320 e. The molecule has 0 spiro atoms. The Bertz CT molecular complexity index is 368. The molecule has 5 nitrogen and oxygen atoms in total. The van der Waals surface area contributed by atoms with Gasteiger partial charge in [-0.1, -0.05) is 0 Å². The van der Waals surface area contributed by atoms with Crippen molar-refractivity contribution in [1.29, 1.82) is 0 Å². The van der Waals surface area contributed by atoms with E-state index in [0.717, 1.165) is 25.9 Å². The predicted molar refractivity (Wildman–Crippen MR) is 71.7 cm³/mol. The molecule has 108 valence electrons. The van der Waals surface area contributed by atoms with Crippen LogP contribution in [0.5, 0.6) is 0 Å². The minimum absolute atomic E-state index is 0.144. The number of rotatable bonds is 4. The predicted octanol–water partition coefficient (Wildman–Crippen LogP) is 1.87. The summed E-state index contributed by atoms with van der Waals surface area (Å²) in [5, 5.41) is 0. The van der Waals surface area contributed by atoms with Crippen LogP contribution in [0.4, 0.5) is 4.79 Å². The normalized spacial score (nSPS) is 23.5. The highest BCUT2D eigenvalue weighted by molar-refractivity contribution is 5.78. The Morgan fingerprint density at radius 3 is 2.79 bits per heavy atom. The number of urea groups is 1. The lowest BCUT2D eigenvalue weighted by Gasteiger charge is -2.27. The number of hydrogen-bond acceptors (Lipinski definition) is 3. The van der Waals surface area contributed by atoms with E-state index in [1.54, 1.807) is 0 Å².